The molecule has 0 aliphatic rings. The summed E-state index contributed by atoms with van der Waals surface area (Å²) in [6.07, 6.45) is 0. The van der Waals surface area contributed by atoms with E-state index in [4.69, 9.17) is 0 Å². The number of nitrogens with zero attached hydrogens (tertiary/aromatic N) is 1. The van der Waals surface area contributed by atoms with Crippen LogP contribution in [0.5, 0.6) is 0 Å². The molecule has 0 N–H and O–H groups in total. The molecule has 0 saturated carbocycles. The van der Waals surface area contributed by atoms with Gasteiger partial charge in [-0.2, -0.15) is 0 Å². The molecule has 0 aliphatic carbocycles. The lowest BCUT2D eigenvalue weighted by Crippen LogP contribution is -2.27. The van der Waals surface area contributed by atoms with Gasteiger partial charge in [-0.15, -0.1) is 0 Å². The van der Waals surface area contributed by atoms with Crippen molar-refractivity contribution in [2.45, 2.75) is 41.2 Å². The maximum absolute atomic E-state index is 2.53. The molecule has 1 nitrogen and oxygen atoms in total. The quantitative estimate of drug-likeness (QED) is 0.716. The first-order valence-corrected chi connectivity index (χ1v) is 7.49. The van der Waals surface area contributed by atoms with Gasteiger partial charge in [0.25, 0.3) is 0 Å². The van der Waals surface area contributed by atoms with Crippen LogP contribution in [0.15, 0.2) is 12.1 Å². The Hall–Kier alpha value is -0.0900. The highest BCUT2D eigenvalue weighted by Crippen LogP contribution is 2.19. The third kappa shape index (κ3) is 4.59. The monoisotopic (exact) mass is 345 g/mol. The zero-order valence-corrected chi connectivity index (χ0v) is 13.8. The van der Waals surface area contributed by atoms with E-state index in [-0.39, 0.29) is 0 Å². The predicted octanol–water partition coefficient (Wildman–Crippen LogP) is 4.39. The Bertz CT molecular complexity index is 371. The first-order chi connectivity index (χ1) is 7.93. The topological polar surface area (TPSA) is 3.24 Å². The van der Waals surface area contributed by atoms with Gasteiger partial charge in [0.15, 0.2) is 0 Å². The highest BCUT2D eigenvalue weighted by molar-refractivity contribution is 14.1. The Morgan fingerprint density at radius 3 is 2.35 bits per heavy atom. The van der Waals surface area contributed by atoms with E-state index in [1.54, 1.807) is 0 Å². The summed E-state index contributed by atoms with van der Waals surface area (Å²) in [5, 5.41) is 0. The van der Waals surface area contributed by atoms with Crippen LogP contribution < -0.4 is 0 Å². The van der Waals surface area contributed by atoms with Gasteiger partial charge < -0.3 is 0 Å². The van der Waals surface area contributed by atoms with Crippen molar-refractivity contribution in [3.8, 4) is 0 Å². The van der Waals surface area contributed by atoms with Crippen molar-refractivity contribution in [3.63, 3.8) is 0 Å². The summed E-state index contributed by atoms with van der Waals surface area (Å²) in [4.78, 5) is 2.53. The van der Waals surface area contributed by atoms with Gasteiger partial charge in [-0.05, 0) is 71.7 Å². The minimum Gasteiger partial charge on any atom is -0.299 e. The normalized spacial score (nSPS) is 11.5. The lowest BCUT2D eigenvalue weighted by atomic mass is 10.0. The van der Waals surface area contributed by atoms with E-state index in [0.717, 1.165) is 19.0 Å². The second-order valence-electron chi connectivity index (χ2n) is 5.25. The Balaban J connectivity index is 2.82. The second-order valence-corrected chi connectivity index (χ2v) is 6.41. The van der Waals surface area contributed by atoms with E-state index < -0.39 is 0 Å². The minimum atomic E-state index is 0.736. The molecule has 17 heavy (non-hydrogen) atoms. The van der Waals surface area contributed by atoms with E-state index >= 15 is 0 Å². The van der Waals surface area contributed by atoms with E-state index in [1.165, 1.54) is 26.8 Å². The van der Waals surface area contributed by atoms with E-state index in [0.29, 0.717) is 0 Å². The van der Waals surface area contributed by atoms with Crippen LogP contribution >= 0.6 is 22.6 Å². The Labute approximate surface area is 120 Å². The van der Waals surface area contributed by atoms with Crippen LogP contribution in [0.25, 0.3) is 0 Å². The van der Waals surface area contributed by atoms with Gasteiger partial charge >= 0.3 is 0 Å². The number of aryl methyl sites for hydroxylation is 2. The van der Waals surface area contributed by atoms with Crippen LogP contribution in [0.2, 0.25) is 0 Å². The standard InChI is InChI=1S/C15H24IN/c1-6-17(9-11(2)3)10-14-7-13(5)15(16)8-12(14)4/h7-8,11H,6,9-10H2,1-5H3. The fourth-order valence-corrected chi connectivity index (χ4v) is 2.70. The van der Waals surface area contributed by atoms with Crippen molar-refractivity contribution in [2.75, 3.05) is 13.1 Å². The number of benzene rings is 1. The van der Waals surface area contributed by atoms with Gasteiger partial charge in [0.2, 0.25) is 0 Å². The molecule has 2 heteroatoms. The van der Waals surface area contributed by atoms with E-state index in [2.05, 4.69) is 74.2 Å². The van der Waals surface area contributed by atoms with Gasteiger partial charge in [-0.3, -0.25) is 4.90 Å². The largest absolute Gasteiger partial charge is 0.299 e. The highest BCUT2D eigenvalue weighted by atomic mass is 127. The molecular weight excluding hydrogens is 321 g/mol. The predicted molar refractivity (Wildman–Crippen MR) is 84.4 cm³/mol. The van der Waals surface area contributed by atoms with Crippen molar-refractivity contribution >= 4 is 22.6 Å². The summed E-state index contributed by atoms with van der Waals surface area (Å²) in [6, 6.07) is 4.65. The summed E-state index contributed by atoms with van der Waals surface area (Å²) < 4.78 is 1.37. The third-order valence-corrected chi connectivity index (χ3v) is 4.24. The van der Waals surface area contributed by atoms with Gasteiger partial charge in [-0.25, -0.2) is 0 Å². The molecule has 1 aromatic carbocycles. The molecule has 0 unspecified atom stereocenters. The van der Waals surface area contributed by atoms with E-state index in [9.17, 15) is 0 Å². The minimum absolute atomic E-state index is 0.736. The molecule has 0 heterocycles. The molecule has 0 bridgehead atoms. The molecule has 0 radical (unpaired) electrons. The molecule has 0 aromatic heterocycles. The fraction of sp³-hybridized carbons (Fsp3) is 0.600. The average molecular weight is 345 g/mol. The van der Waals surface area contributed by atoms with Crippen molar-refractivity contribution in [3.05, 3.63) is 32.4 Å². The Morgan fingerprint density at radius 1 is 1.18 bits per heavy atom. The van der Waals surface area contributed by atoms with Crippen LogP contribution in [0.3, 0.4) is 0 Å². The summed E-state index contributed by atoms with van der Waals surface area (Å²) in [6.45, 7) is 14.6. The van der Waals surface area contributed by atoms with Gasteiger partial charge in [0.05, 0.1) is 0 Å². The van der Waals surface area contributed by atoms with Crippen LogP contribution in [-0.2, 0) is 6.54 Å². The Kier molecular flexibility index (Phi) is 5.93. The second kappa shape index (κ2) is 6.74. The fourth-order valence-electron chi connectivity index (χ4n) is 2.07. The van der Waals surface area contributed by atoms with Crippen molar-refractivity contribution in [1.82, 2.24) is 4.90 Å². The maximum Gasteiger partial charge on any atom is 0.0236 e. The van der Waals surface area contributed by atoms with Crippen molar-refractivity contribution in [1.29, 1.82) is 0 Å². The van der Waals surface area contributed by atoms with E-state index in [1.807, 2.05) is 0 Å². The average Bonchev–Trinajstić information content (AvgIpc) is 2.24. The molecule has 0 atom stereocenters. The molecule has 0 spiro atoms. The third-order valence-electron chi connectivity index (χ3n) is 3.08. The summed E-state index contributed by atoms with van der Waals surface area (Å²) in [5.74, 6) is 0.736. The maximum atomic E-state index is 2.53. The number of halogens is 1. The van der Waals surface area contributed by atoms with Gasteiger partial charge in [0, 0.05) is 16.7 Å². The zero-order valence-electron chi connectivity index (χ0n) is 11.7. The summed E-state index contributed by atoms with van der Waals surface area (Å²) in [7, 11) is 0. The smallest absolute Gasteiger partial charge is 0.0236 e. The van der Waals surface area contributed by atoms with Crippen molar-refractivity contribution in [2.24, 2.45) is 5.92 Å². The number of hydrogen-bond acceptors (Lipinski definition) is 1. The summed E-state index contributed by atoms with van der Waals surface area (Å²) in [5.41, 5.74) is 4.29. The zero-order chi connectivity index (χ0) is 13.0. The van der Waals surface area contributed by atoms with Crippen LogP contribution in [-0.4, -0.2) is 18.0 Å². The van der Waals surface area contributed by atoms with Crippen LogP contribution in [0, 0.1) is 23.3 Å². The molecular formula is C15H24IN. The Morgan fingerprint density at radius 2 is 1.82 bits per heavy atom. The molecule has 1 aromatic rings. The molecule has 0 amide bonds. The molecule has 0 fully saturated rings. The van der Waals surface area contributed by atoms with Crippen LogP contribution in [0.1, 0.15) is 37.5 Å². The molecule has 1 rings (SSSR count). The first kappa shape index (κ1) is 15.0. The van der Waals surface area contributed by atoms with Gasteiger partial charge in [0.1, 0.15) is 0 Å². The first-order valence-electron chi connectivity index (χ1n) is 6.42. The number of hydrogen-bond donors (Lipinski definition) is 0. The SMILES string of the molecule is CCN(Cc1cc(C)c(I)cc1C)CC(C)C. The number of rotatable bonds is 5. The van der Waals surface area contributed by atoms with Crippen LogP contribution in [0.4, 0.5) is 0 Å². The molecule has 0 saturated heterocycles. The lowest BCUT2D eigenvalue weighted by Gasteiger charge is -2.23. The molecule has 96 valence electrons. The van der Waals surface area contributed by atoms with Gasteiger partial charge in [-0.1, -0.05) is 26.8 Å². The summed E-state index contributed by atoms with van der Waals surface area (Å²) >= 11 is 2.42. The lowest BCUT2D eigenvalue weighted by molar-refractivity contribution is 0.248. The van der Waals surface area contributed by atoms with Crippen molar-refractivity contribution < 1.29 is 0 Å². The molecule has 0 aliphatic heterocycles. The highest BCUT2D eigenvalue weighted by Gasteiger charge is 2.09.